The normalized spacial score (nSPS) is 15.7. The minimum atomic E-state index is -0.324. The van der Waals surface area contributed by atoms with Gasteiger partial charge >= 0.3 is 0 Å². The van der Waals surface area contributed by atoms with Crippen molar-refractivity contribution in [3.05, 3.63) is 64.4 Å². The van der Waals surface area contributed by atoms with E-state index in [1.807, 2.05) is 0 Å². The van der Waals surface area contributed by atoms with Crippen molar-refractivity contribution in [2.24, 2.45) is 0 Å². The molecule has 2 aromatic carbocycles. The predicted octanol–water partition coefficient (Wildman–Crippen LogP) is 4.67. The van der Waals surface area contributed by atoms with Crippen molar-refractivity contribution in [2.75, 3.05) is 23.7 Å². The number of halogens is 2. The van der Waals surface area contributed by atoms with E-state index in [0.29, 0.717) is 34.7 Å². The van der Waals surface area contributed by atoms with E-state index < -0.39 is 0 Å². The SMILES string of the molecule is C[C@H]1Cc2ccccc2N1CCCNC(=O)CSCc1ccc(Cl)cc1F. The van der Waals surface area contributed by atoms with Crippen LogP contribution in [0.3, 0.4) is 0 Å². The molecule has 3 rings (SSSR count). The number of hydrogen-bond donors (Lipinski definition) is 1. The number of benzene rings is 2. The number of hydrogen-bond acceptors (Lipinski definition) is 3. The van der Waals surface area contributed by atoms with Crippen molar-refractivity contribution in [3.63, 3.8) is 0 Å². The maximum Gasteiger partial charge on any atom is 0.230 e. The van der Waals surface area contributed by atoms with Gasteiger partial charge in [0, 0.05) is 35.6 Å². The minimum Gasteiger partial charge on any atom is -0.368 e. The molecule has 0 saturated carbocycles. The molecule has 0 spiro atoms. The molecule has 2 aromatic rings. The molecule has 0 saturated heterocycles. The molecule has 3 nitrogen and oxygen atoms in total. The van der Waals surface area contributed by atoms with E-state index >= 15 is 0 Å². The molecule has 1 heterocycles. The highest BCUT2D eigenvalue weighted by Crippen LogP contribution is 2.31. The fraction of sp³-hybridized carbons (Fsp3) is 0.381. The lowest BCUT2D eigenvalue weighted by atomic mass is 10.1. The number of amides is 1. The van der Waals surface area contributed by atoms with Gasteiger partial charge in [-0.3, -0.25) is 4.79 Å². The quantitative estimate of drug-likeness (QED) is 0.646. The smallest absolute Gasteiger partial charge is 0.230 e. The van der Waals surface area contributed by atoms with Crippen LogP contribution in [0.2, 0.25) is 5.02 Å². The van der Waals surface area contributed by atoms with Crippen LogP contribution in [0.25, 0.3) is 0 Å². The first-order valence-corrected chi connectivity index (χ1v) is 10.7. The minimum absolute atomic E-state index is 0.00996. The first-order valence-electron chi connectivity index (χ1n) is 9.17. The maximum absolute atomic E-state index is 13.7. The van der Waals surface area contributed by atoms with E-state index in [-0.39, 0.29) is 11.7 Å². The molecule has 0 aromatic heterocycles. The van der Waals surface area contributed by atoms with Gasteiger partial charge in [-0.05, 0) is 49.1 Å². The molecule has 0 aliphatic carbocycles. The number of rotatable bonds is 8. The van der Waals surface area contributed by atoms with Gasteiger partial charge in [0.15, 0.2) is 0 Å². The van der Waals surface area contributed by atoms with E-state index in [2.05, 4.69) is 41.4 Å². The fourth-order valence-electron chi connectivity index (χ4n) is 3.39. The topological polar surface area (TPSA) is 32.3 Å². The molecule has 144 valence electrons. The van der Waals surface area contributed by atoms with Gasteiger partial charge in [-0.25, -0.2) is 4.39 Å². The van der Waals surface area contributed by atoms with E-state index in [1.54, 1.807) is 12.1 Å². The van der Waals surface area contributed by atoms with Crippen molar-refractivity contribution in [3.8, 4) is 0 Å². The molecular formula is C21H24ClFN2OS. The number of anilines is 1. The maximum atomic E-state index is 13.7. The summed E-state index contributed by atoms with van der Waals surface area (Å²) in [6.45, 7) is 3.83. The van der Waals surface area contributed by atoms with Gasteiger partial charge in [-0.2, -0.15) is 0 Å². The zero-order valence-corrected chi connectivity index (χ0v) is 17.0. The van der Waals surface area contributed by atoms with Crippen LogP contribution in [0.1, 0.15) is 24.5 Å². The molecular weight excluding hydrogens is 383 g/mol. The molecule has 1 aliphatic heterocycles. The lowest BCUT2D eigenvalue weighted by Crippen LogP contribution is -2.33. The Morgan fingerprint density at radius 1 is 1.33 bits per heavy atom. The number of carbonyl (C=O) groups is 1. The van der Waals surface area contributed by atoms with Crippen molar-refractivity contribution in [2.45, 2.75) is 31.6 Å². The summed E-state index contributed by atoms with van der Waals surface area (Å²) in [5.41, 5.74) is 3.29. The third kappa shape index (κ3) is 5.39. The van der Waals surface area contributed by atoms with Gasteiger partial charge in [-0.15, -0.1) is 11.8 Å². The van der Waals surface area contributed by atoms with Gasteiger partial charge in [0.25, 0.3) is 0 Å². The van der Waals surface area contributed by atoms with Crippen LogP contribution in [0.15, 0.2) is 42.5 Å². The average Bonchev–Trinajstić information content (AvgIpc) is 2.96. The zero-order valence-electron chi connectivity index (χ0n) is 15.4. The Bertz CT molecular complexity index is 802. The Morgan fingerprint density at radius 3 is 2.96 bits per heavy atom. The van der Waals surface area contributed by atoms with Crippen LogP contribution in [0.5, 0.6) is 0 Å². The number of nitrogens with one attached hydrogen (secondary N) is 1. The first kappa shape index (κ1) is 20.0. The summed E-state index contributed by atoms with van der Waals surface area (Å²) in [5, 5.41) is 3.34. The molecule has 1 amide bonds. The zero-order chi connectivity index (χ0) is 19.2. The van der Waals surface area contributed by atoms with E-state index in [0.717, 1.165) is 19.4 Å². The molecule has 0 bridgehead atoms. The summed E-state index contributed by atoms with van der Waals surface area (Å²) in [7, 11) is 0. The summed E-state index contributed by atoms with van der Waals surface area (Å²) in [4.78, 5) is 14.4. The molecule has 1 atom stereocenters. The molecule has 1 N–H and O–H groups in total. The average molecular weight is 407 g/mol. The summed E-state index contributed by atoms with van der Waals surface area (Å²) in [6.07, 6.45) is 1.99. The van der Waals surface area contributed by atoms with Gasteiger partial charge in [-0.1, -0.05) is 35.9 Å². The molecule has 1 aliphatic rings. The first-order chi connectivity index (χ1) is 13.0. The lowest BCUT2D eigenvalue weighted by Gasteiger charge is -2.24. The largest absolute Gasteiger partial charge is 0.368 e. The second kappa shape index (κ2) is 9.47. The highest BCUT2D eigenvalue weighted by molar-refractivity contribution is 7.99. The van der Waals surface area contributed by atoms with Gasteiger partial charge < -0.3 is 10.2 Å². The van der Waals surface area contributed by atoms with Crippen LogP contribution in [-0.2, 0) is 17.0 Å². The van der Waals surface area contributed by atoms with Crippen molar-refractivity contribution >= 4 is 35.0 Å². The van der Waals surface area contributed by atoms with E-state index in [9.17, 15) is 9.18 Å². The van der Waals surface area contributed by atoms with Crippen LogP contribution in [0, 0.1) is 5.82 Å². The standard InChI is InChI=1S/C21H24ClFN2OS/c1-15-11-16-5-2-3-6-20(16)25(15)10-4-9-24-21(26)14-27-13-17-7-8-18(22)12-19(17)23/h2-3,5-8,12,15H,4,9-11,13-14H2,1H3,(H,24,26)/t15-/m0/s1. The number of nitrogens with zero attached hydrogens (tertiary/aromatic N) is 1. The number of para-hydroxylation sites is 1. The van der Waals surface area contributed by atoms with Crippen molar-refractivity contribution < 1.29 is 9.18 Å². The highest BCUT2D eigenvalue weighted by Gasteiger charge is 2.24. The van der Waals surface area contributed by atoms with Crippen molar-refractivity contribution in [1.82, 2.24) is 5.32 Å². The van der Waals surface area contributed by atoms with Gasteiger partial charge in [0.1, 0.15) is 5.82 Å². The Hall–Kier alpha value is -1.72. The molecule has 0 fully saturated rings. The van der Waals surface area contributed by atoms with Crippen LogP contribution >= 0.6 is 23.4 Å². The Morgan fingerprint density at radius 2 is 2.15 bits per heavy atom. The third-order valence-electron chi connectivity index (χ3n) is 4.75. The summed E-state index contributed by atoms with van der Waals surface area (Å²) in [5.74, 6) is 0.448. The highest BCUT2D eigenvalue weighted by atomic mass is 35.5. The second-order valence-electron chi connectivity index (χ2n) is 6.81. The van der Waals surface area contributed by atoms with E-state index in [1.165, 1.54) is 29.1 Å². The lowest BCUT2D eigenvalue weighted by molar-refractivity contribution is -0.118. The van der Waals surface area contributed by atoms with Crippen molar-refractivity contribution in [1.29, 1.82) is 0 Å². The van der Waals surface area contributed by atoms with Crippen LogP contribution in [0.4, 0.5) is 10.1 Å². The number of carbonyl (C=O) groups excluding carboxylic acids is 1. The summed E-state index contributed by atoms with van der Waals surface area (Å²) in [6, 6.07) is 13.7. The van der Waals surface area contributed by atoms with Gasteiger partial charge in [0.2, 0.25) is 5.91 Å². The second-order valence-corrected chi connectivity index (χ2v) is 8.23. The number of thioether (sulfide) groups is 1. The van der Waals surface area contributed by atoms with E-state index in [4.69, 9.17) is 11.6 Å². The molecule has 6 heteroatoms. The Balaban J connectivity index is 1.34. The molecule has 27 heavy (non-hydrogen) atoms. The summed E-state index contributed by atoms with van der Waals surface area (Å²) >= 11 is 7.15. The third-order valence-corrected chi connectivity index (χ3v) is 5.97. The van der Waals surface area contributed by atoms with Crippen LogP contribution in [-0.4, -0.2) is 30.8 Å². The fourth-order valence-corrected chi connectivity index (χ4v) is 4.39. The predicted molar refractivity (Wildman–Crippen MR) is 112 cm³/mol. The summed E-state index contributed by atoms with van der Waals surface area (Å²) < 4.78 is 13.7. The number of fused-ring (bicyclic) bond motifs is 1. The Kier molecular flexibility index (Phi) is 7.02. The Labute approximate surface area is 169 Å². The monoisotopic (exact) mass is 406 g/mol. The molecule has 0 unspecified atom stereocenters. The molecule has 0 radical (unpaired) electrons. The van der Waals surface area contributed by atoms with Crippen LogP contribution < -0.4 is 10.2 Å². The van der Waals surface area contributed by atoms with Gasteiger partial charge in [0.05, 0.1) is 5.75 Å².